The second-order valence-corrected chi connectivity index (χ2v) is 3.10. The van der Waals surface area contributed by atoms with E-state index in [-0.39, 0.29) is 0 Å². The predicted octanol–water partition coefficient (Wildman–Crippen LogP) is 1.56. The molecule has 0 saturated heterocycles. The van der Waals surface area contributed by atoms with E-state index in [4.69, 9.17) is 5.11 Å². The Morgan fingerprint density at radius 2 is 2.00 bits per heavy atom. The van der Waals surface area contributed by atoms with Gasteiger partial charge in [0.05, 0.1) is 0 Å². The summed E-state index contributed by atoms with van der Waals surface area (Å²) in [6, 6.07) is -0.738. The molecule has 3 nitrogen and oxygen atoms in total. The summed E-state index contributed by atoms with van der Waals surface area (Å²) in [5, 5.41) is 10.4. The van der Waals surface area contributed by atoms with Crippen molar-refractivity contribution in [2.45, 2.75) is 31.6 Å². The smallest absolute Gasteiger partial charge is 0.417 e. The molecule has 0 amide bonds. The lowest BCUT2D eigenvalue weighted by Gasteiger charge is -2.30. The number of carbonyl (C=O) groups is 1. The van der Waals surface area contributed by atoms with Crippen LogP contribution in [-0.4, -0.2) is 28.8 Å². The van der Waals surface area contributed by atoms with Crippen LogP contribution in [0.15, 0.2) is 12.7 Å². The molecule has 14 heavy (non-hydrogen) atoms. The van der Waals surface area contributed by atoms with E-state index in [1.165, 1.54) is 13.0 Å². The first kappa shape index (κ1) is 13.0. The highest BCUT2D eigenvalue weighted by Gasteiger charge is 2.57. The number of aliphatic carboxylic acids is 1. The van der Waals surface area contributed by atoms with Crippen molar-refractivity contribution in [1.82, 2.24) is 5.32 Å². The Morgan fingerprint density at radius 3 is 2.21 bits per heavy atom. The Kier molecular flexibility index (Phi) is 3.70. The van der Waals surface area contributed by atoms with Gasteiger partial charge in [0.2, 0.25) is 5.54 Å². The highest BCUT2D eigenvalue weighted by Crippen LogP contribution is 2.30. The Morgan fingerprint density at radius 1 is 1.57 bits per heavy atom. The molecule has 0 aliphatic rings. The van der Waals surface area contributed by atoms with E-state index in [0.717, 1.165) is 0 Å². The molecule has 2 unspecified atom stereocenters. The van der Waals surface area contributed by atoms with Gasteiger partial charge in [0.15, 0.2) is 0 Å². The molecule has 0 aliphatic heterocycles. The zero-order valence-corrected chi connectivity index (χ0v) is 7.85. The second-order valence-electron chi connectivity index (χ2n) is 3.10. The standard InChI is InChI=1S/C8H12F3NO2/c1-4-5(2)12-7(3,6(13)14)8(9,10)11/h4-5,12H,1H2,2-3H3,(H,13,14). The molecule has 2 atom stereocenters. The first-order chi connectivity index (χ1) is 6.15. The molecule has 6 heteroatoms. The van der Waals surface area contributed by atoms with Crippen LogP contribution in [0.5, 0.6) is 0 Å². The van der Waals surface area contributed by atoms with E-state index < -0.39 is 23.7 Å². The SMILES string of the molecule is C=CC(C)NC(C)(C(=O)O)C(F)(F)F. The summed E-state index contributed by atoms with van der Waals surface area (Å²) in [4.78, 5) is 10.5. The molecular formula is C8H12F3NO2. The number of hydrogen-bond donors (Lipinski definition) is 2. The van der Waals surface area contributed by atoms with Crippen molar-refractivity contribution in [1.29, 1.82) is 0 Å². The van der Waals surface area contributed by atoms with Gasteiger partial charge >= 0.3 is 12.1 Å². The van der Waals surface area contributed by atoms with E-state index in [2.05, 4.69) is 6.58 Å². The van der Waals surface area contributed by atoms with Crippen molar-refractivity contribution < 1.29 is 23.1 Å². The third-order valence-electron chi connectivity index (χ3n) is 1.86. The summed E-state index contributed by atoms with van der Waals surface area (Å²) in [6.07, 6.45) is -3.65. The molecule has 0 aliphatic carbocycles. The van der Waals surface area contributed by atoms with E-state index >= 15 is 0 Å². The minimum atomic E-state index is -4.85. The van der Waals surface area contributed by atoms with Gasteiger partial charge in [0.25, 0.3) is 0 Å². The van der Waals surface area contributed by atoms with Crippen LogP contribution in [0.25, 0.3) is 0 Å². The van der Waals surface area contributed by atoms with Gasteiger partial charge in [-0.25, -0.2) is 4.79 Å². The average Bonchev–Trinajstić information content (AvgIpc) is 2.01. The van der Waals surface area contributed by atoms with Gasteiger partial charge in [-0.3, -0.25) is 5.32 Å². The summed E-state index contributed by atoms with van der Waals surface area (Å²) in [5.74, 6) is -1.96. The van der Waals surface area contributed by atoms with E-state index in [1.54, 1.807) is 0 Å². The quantitative estimate of drug-likeness (QED) is 0.694. The first-order valence-corrected chi connectivity index (χ1v) is 3.85. The lowest BCUT2D eigenvalue weighted by molar-refractivity contribution is -0.206. The normalized spacial score (nSPS) is 18.4. The van der Waals surface area contributed by atoms with Crippen molar-refractivity contribution in [3.05, 3.63) is 12.7 Å². The summed E-state index contributed by atoms with van der Waals surface area (Å²) in [6.45, 7) is 5.23. The number of rotatable bonds is 4. The maximum atomic E-state index is 12.4. The van der Waals surface area contributed by atoms with Crippen molar-refractivity contribution in [2.24, 2.45) is 0 Å². The molecule has 0 aromatic heterocycles. The average molecular weight is 211 g/mol. The largest absolute Gasteiger partial charge is 0.480 e. The van der Waals surface area contributed by atoms with Crippen LogP contribution in [0.1, 0.15) is 13.8 Å². The lowest BCUT2D eigenvalue weighted by Crippen LogP contribution is -2.62. The summed E-state index contributed by atoms with van der Waals surface area (Å²) < 4.78 is 37.1. The summed E-state index contributed by atoms with van der Waals surface area (Å²) in [7, 11) is 0. The van der Waals surface area contributed by atoms with Crippen LogP contribution in [0.2, 0.25) is 0 Å². The van der Waals surface area contributed by atoms with Gasteiger partial charge in [-0.2, -0.15) is 13.2 Å². The van der Waals surface area contributed by atoms with E-state index in [0.29, 0.717) is 6.92 Å². The number of nitrogens with one attached hydrogen (secondary N) is 1. The Hall–Kier alpha value is -1.04. The minimum absolute atomic E-state index is 0.579. The maximum absolute atomic E-state index is 12.4. The minimum Gasteiger partial charge on any atom is -0.480 e. The molecule has 82 valence electrons. The van der Waals surface area contributed by atoms with Crippen molar-refractivity contribution in [2.75, 3.05) is 0 Å². The highest BCUT2D eigenvalue weighted by atomic mass is 19.4. The fourth-order valence-corrected chi connectivity index (χ4v) is 0.779. The summed E-state index contributed by atoms with van der Waals surface area (Å²) >= 11 is 0. The molecule has 2 N–H and O–H groups in total. The Balaban J connectivity index is 4.93. The topological polar surface area (TPSA) is 49.3 Å². The van der Waals surface area contributed by atoms with Gasteiger partial charge in [0.1, 0.15) is 0 Å². The van der Waals surface area contributed by atoms with Crippen LogP contribution in [-0.2, 0) is 4.79 Å². The first-order valence-electron chi connectivity index (χ1n) is 3.85. The van der Waals surface area contributed by atoms with Gasteiger partial charge in [-0.1, -0.05) is 6.08 Å². The molecule has 0 spiro atoms. The zero-order chi connectivity index (χ0) is 11.6. The third kappa shape index (κ3) is 2.47. The van der Waals surface area contributed by atoms with Crippen molar-refractivity contribution in [3.63, 3.8) is 0 Å². The third-order valence-corrected chi connectivity index (χ3v) is 1.86. The van der Waals surface area contributed by atoms with Gasteiger partial charge in [0, 0.05) is 6.04 Å². The van der Waals surface area contributed by atoms with Crippen LogP contribution < -0.4 is 5.32 Å². The molecule has 0 aromatic rings. The Labute approximate surface area is 79.6 Å². The van der Waals surface area contributed by atoms with Crippen LogP contribution in [0.4, 0.5) is 13.2 Å². The highest BCUT2D eigenvalue weighted by molar-refractivity contribution is 5.79. The van der Waals surface area contributed by atoms with Gasteiger partial charge < -0.3 is 5.11 Å². The van der Waals surface area contributed by atoms with Gasteiger partial charge in [-0.05, 0) is 13.8 Å². The van der Waals surface area contributed by atoms with Crippen LogP contribution in [0.3, 0.4) is 0 Å². The zero-order valence-electron chi connectivity index (χ0n) is 7.85. The fourth-order valence-electron chi connectivity index (χ4n) is 0.779. The molecule has 0 bridgehead atoms. The van der Waals surface area contributed by atoms with E-state index in [1.807, 2.05) is 5.32 Å². The number of carboxylic acid groups (broad SMARTS) is 1. The molecule has 0 radical (unpaired) electrons. The summed E-state index contributed by atoms with van der Waals surface area (Å²) in [5.41, 5.74) is -2.94. The molecule has 0 heterocycles. The molecule has 0 fully saturated rings. The monoisotopic (exact) mass is 211 g/mol. The van der Waals surface area contributed by atoms with Crippen LogP contribution >= 0.6 is 0 Å². The molecule has 0 rings (SSSR count). The van der Waals surface area contributed by atoms with E-state index in [9.17, 15) is 18.0 Å². The number of hydrogen-bond acceptors (Lipinski definition) is 2. The fraction of sp³-hybridized carbons (Fsp3) is 0.625. The number of carboxylic acids is 1. The van der Waals surface area contributed by atoms with Crippen molar-refractivity contribution in [3.8, 4) is 0 Å². The number of halogens is 3. The molecule has 0 saturated carbocycles. The van der Waals surface area contributed by atoms with Crippen molar-refractivity contribution >= 4 is 5.97 Å². The second kappa shape index (κ2) is 4.00. The predicted molar refractivity (Wildman–Crippen MR) is 44.9 cm³/mol. The van der Waals surface area contributed by atoms with Gasteiger partial charge in [-0.15, -0.1) is 6.58 Å². The lowest BCUT2D eigenvalue weighted by atomic mass is 10.0. The van der Waals surface area contributed by atoms with Crippen LogP contribution in [0, 0.1) is 0 Å². The number of alkyl halides is 3. The maximum Gasteiger partial charge on any atom is 0.417 e. The molecule has 0 aromatic carbocycles. The Bertz CT molecular complexity index is 239. The molecular weight excluding hydrogens is 199 g/mol.